The van der Waals surface area contributed by atoms with Gasteiger partial charge in [-0.15, -0.1) is 0 Å². The highest BCUT2D eigenvalue weighted by atomic mass is 14.0. The first-order valence-corrected chi connectivity index (χ1v) is 3.69. The fourth-order valence-corrected chi connectivity index (χ4v) is 0.851. The van der Waals surface area contributed by atoms with E-state index >= 15 is 0 Å². The van der Waals surface area contributed by atoms with Crippen LogP contribution in [0.4, 0.5) is 0 Å². The van der Waals surface area contributed by atoms with Gasteiger partial charge in [0.2, 0.25) is 0 Å². The van der Waals surface area contributed by atoms with Crippen LogP contribution in [0.5, 0.6) is 0 Å². The highest BCUT2D eigenvalue weighted by Crippen LogP contribution is 2.12. The van der Waals surface area contributed by atoms with Crippen LogP contribution >= 0.6 is 0 Å². The van der Waals surface area contributed by atoms with Gasteiger partial charge in [-0.3, -0.25) is 0 Å². The maximum Gasteiger partial charge on any atom is -0.0279 e. The summed E-state index contributed by atoms with van der Waals surface area (Å²) in [7, 11) is 0. The van der Waals surface area contributed by atoms with Gasteiger partial charge in [0.05, 0.1) is 0 Å². The summed E-state index contributed by atoms with van der Waals surface area (Å²) in [5.41, 5.74) is 2.47. The quantitative estimate of drug-likeness (QED) is 0.615. The molecule has 0 spiro atoms. The second-order valence-electron chi connectivity index (χ2n) is 2.46. The lowest BCUT2D eigenvalue weighted by molar-refractivity contribution is 0.913. The summed E-state index contributed by atoms with van der Waals surface area (Å²) in [4.78, 5) is 0. The molecule has 0 fully saturated rings. The first-order chi connectivity index (χ1) is 4.72. The summed E-state index contributed by atoms with van der Waals surface area (Å²) in [6, 6.07) is 0. The Labute approximate surface area is 70.1 Å². The fourth-order valence-electron chi connectivity index (χ4n) is 0.851. The molecular weight excluding hydrogens is 134 g/mol. The molecule has 1 heteroatoms. The minimum absolute atomic E-state index is 0. The monoisotopic (exact) mass is 153 g/mol. The SMILES string of the molecule is C=C/C=C(/CCC)C(=C)C.N. The van der Waals surface area contributed by atoms with Gasteiger partial charge in [-0.25, -0.2) is 0 Å². The molecule has 0 saturated heterocycles. The molecule has 0 heterocycles. The Hall–Kier alpha value is -0.820. The van der Waals surface area contributed by atoms with Crippen molar-refractivity contribution >= 4 is 0 Å². The van der Waals surface area contributed by atoms with Crippen LogP contribution in [-0.4, -0.2) is 0 Å². The van der Waals surface area contributed by atoms with Crippen molar-refractivity contribution in [3.8, 4) is 0 Å². The molecule has 0 unspecified atom stereocenters. The number of allylic oxidation sites excluding steroid dienone is 4. The van der Waals surface area contributed by atoms with Gasteiger partial charge >= 0.3 is 0 Å². The number of rotatable bonds is 4. The van der Waals surface area contributed by atoms with Crippen molar-refractivity contribution in [3.05, 3.63) is 36.5 Å². The van der Waals surface area contributed by atoms with E-state index in [0.29, 0.717) is 0 Å². The Kier molecular flexibility index (Phi) is 8.50. The summed E-state index contributed by atoms with van der Waals surface area (Å²) in [5.74, 6) is 0. The summed E-state index contributed by atoms with van der Waals surface area (Å²) in [6.07, 6.45) is 6.14. The van der Waals surface area contributed by atoms with E-state index in [1.807, 2.05) is 19.1 Å². The molecule has 0 aliphatic rings. The molecule has 0 aromatic carbocycles. The predicted octanol–water partition coefficient (Wildman–Crippen LogP) is 3.64. The Balaban J connectivity index is 0. The van der Waals surface area contributed by atoms with E-state index in [1.54, 1.807) is 0 Å². The summed E-state index contributed by atoms with van der Waals surface area (Å²) >= 11 is 0. The van der Waals surface area contributed by atoms with Crippen molar-refractivity contribution in [3.63, 3.8) is 0 Å². The van der Waals surface area contributed by atoms with E-state index in [4.69, 9.17) is 0 Å². The molecule has 1 nitrogen and oxygen atoms in total. The molecule has 0 aromatic heterocycles. The lowest BCUT2D eigenvalue weighted by Gasteiger charge is -2.02. The van der Waals surface area contributed by atoms with Crippen LogP contribution in [0.15, 0.2) is 36.5 Å². The third kappa shape index (κ3) is 5.62. The van der Waals surface area contributed by atoms with Crippen molar-refractivity contribution in [1.82, 2.24) is 6.15 Å². The molecule has 0 atom stereocenters. The van der Waals surface area contributed by atoms with Gasteiger partial charge in [-0.2, -0.15) is 0 Å². The van der Waals surface area contributed by atoms with Crippen LogP contribution in [-0.2, 0) is 0 Å². The van der Waals surface area contributed by atoms with Crippen molar-refractivity contribution in [2.24, 2.45) is 0 Å². The van der Waals surface area contributed by atoms with E-state index in [0.717, 1.165) is 12.0 Å². The Morgan fingerprint density at radius 1 is 1.45 bits per heavy atom. The van der Waals surface area contributed by atoms with Crippen molar-refractivity contribution in [1.29, 1.82) is 0 Å². The van der Waals surface area contributed by atoms with Crippen LogP contribution in [0.1, 0.15) is 26.7 Å². The van der Waals surface area contributed by atoms with Crippen LogP contribution in [0.25, 0.3) is 0 Å². The molecule has 0 rings (SSSR count). The Morgan fingerprint density at radius 3 is 2.27 bits per heavy atom. The number of hydrogen-bond acceptors (Lipinski definition) is 1. The highest BCUT2D eigenvalue weighted by Gasteiger charge is 1.92. The zero-order chi connectivity index (χ0) is 7.98. The molecular formula is C10H19N. The van der Waals surface area contributed by atoms with Crippen molar-refractivity contribution < 1.29 is 0 Å². The van der Waals surface area contributed by atoms with E-state index in [-0.39, 0.29) is 6.15 Å². The lowest BCUT2D eigenvalue weighted by Crippen LogP contribution is -1.82. The number of hydrogen-bond donors (Lipinski definition) is 1. The fraction of sp³-hybridized carbons (Fsp3) is 0.400. The summed E-state index contributed by atoms with van der Waals surface area (Å²) < 4.78 is 0. The summed E-state index contributed by atoms with van der Waals surface area (Å²) in [6.45, 7) is 11.7. The van der Waals surface area contributed by atoms with Crippen LogP contribution in [0.3, 0.4) is 0 Å². The van der Waals surface area contributed by atoms with E-state index in [1.165, 1.54) is 12.0 Å². The third-order valence-electron chi connectivity index (χ3n) is 1.39. The zero-order valence-corrected chi connectivity index (χ0v) is 7.69. The van der Waals surface area contributed by atoms with Gasteiger partial charge in [0.1, 0.15) is 0 Å². The molecule has 0 aliphatic heterocycles. The molecule has 0 radical (unpaired) electrons. The van der Waals surface area contributed by atoms with E-state index < -0.39 is 0 Å². The second kappa shape index (κ2) is 7.29. The third-order valence-corrected chi connectivity index (χ3v) is 1.39. The lowest BCUT2D eigenvalue weighted by atomic mass is 10.0. The second-order valence-corrected chi connectivity index (χ2v) is 2.46. The molecule has 11 heavy (non-hydrogen) atoms. The molecule has 0 aromatic rings. The van der Waals surface area contributed by atoms with E-state index in [9.17, 15) is 0 Å². The normalized spacial score (nSPS) is 10.2. The largest absolute Gasteiger partial charge is 0.344 e. The first kappa shape index (κ1) is 12.8. The van der Waals surface area contributed by atoms with Crippen LogP contribution in [0.2, 0.25) is 0 Å². The van der Waals surface area contributed by atoms with Gasteiger partial charge in [0.15, 0.2) is 0 Å². The maximum atomic E-state index is 3.88. The first-order valence-electron chi connectivity index (χ1n) is 3.69. The molecule has 0 aliphatic carbocycles. The molecule has 0 saturated carbocycles. The van der Waals surface area contributed by atoms with Gasteiger partial charge in [-0.05, 0) is 18.9 Å². The molecule has 64 valence electrons. The minimum Gasteiger partial charge on any atom is -0.344 e. The topological polar surface area (TPSA) is 35.0 Å². The van der Waals surface area contributed by atoms with Crippen molar-refractivity contribution in [2.75, 3.05) is 0 Å². The van der Waals surface area contributed by atoms with Gasteiger partial charge in [0.25, 0.3) is 0 Å². The standard InChI is InChI=1S/C10H16.H3N/c1-5-7-10(8-6-2)9(3)4;/h5,7H,1,3,6,8H2,2,4H3;1H3/b10-7-;. The maximum absolute atomic E-state index is 3.88. The van der Waals surface area contributed by atoms with Gasteiger partial charge in [-0.1, -0.05) is 44.2 Å². The highest BCUT2D eigenvalue weighted by molar-refractivity contribution is 5.29. The average molecular weight is 153 g/mol. The zero-order valence-electron chi connectivity index (χ0n) is 7.69. The average Bonchev–Trinajstić information content (AvgIpc) is 1.87. The molecule has 3 N–H and O–H groups in total. The van der Waals surface area contributed by atoms with Gasteiger partial charge < -0.3 is 6.15 Å². The van der Waals surface area contributed by atoms with Crippen LogP contribution < -0.4 is 6.15 Å². The Bertz CT molecular complexity index is 154. The van der Waals surface area contributed by atoms with E-state index in [2.05, 4.69) is 20.1 Å². The molecule has 0 bridgehead atoms. The molecule has 0 amide bonds. The summed E-state index contributed by atoms with van der Waals surface area (Å²) in [5, 5.41) is 0. The predicted molar refractivity (Wildman–Crippen MR) is 53.0 cm³/mol. The van der Waals surface area contributed by atoms with Crippen molar-refractivity contribution in [2.45, 2.75) is 26.7 Å². The smallest absolute Gasteiger partial charge is 0.0279 e. The Morgan fingerprint density at radius 2 is 2.00 bits per heavy atom. The van der Waals surface area contributed by atoms with Crippen LogP contribution in [0, 0.1) is 0 Å². The minimum atomic E-state index is 0. The van der Waals surface area contributed by atoms with Gasteiger partial charge in [0, 0.05) is 0 Å².